The Hall–Kier alpha value is -4.35. The molecule has 0 spiro atoms. The molecular weight excluding hydrogens is 370 g/mol. The Morgan fingerprint density at radius 3 is 2.50 bits per heavy atom. The van der Waals surface area contributed by atoms with Crippen molar-refractivity contribution in [3.05, 3.63) is 113 Å². The SMILES string of the molecule is N#Cc1ccc(Cc2ncc(CNc3cccc(C#Cc4ccccc4)n3)[nH]2)cc1. The third kappa shape index (κ3) is 5.13. The second kappa shape index (κ2) is 9.23. The van der Waals surface area contributed by atoms with E-state index < -0.39 is 0 Å². The van der Waals surface area contributed by atoms with E-state index in [1.165, 1.54) is 0 Å². The fourth-order valence-corrected chi connectivity index (χ4v) is 2.92. The Kier molecular flexibility index (Phi) is 5.84. The normalized spacial score (nSPS) is 9.97. The first-order chi connectivity index (χ1) is 14.8. The van der Waals surface area contributed by atoms with Gasteiger partial charge in [-0.05, 0) is 47.9 Å². The van der Waals surface area contributed by atoms with Gasteiger partial charge in [-0.25, -0.2) is 9.97 Å². The van der Waals surface area contributed by atoms with Gasteiger partial charge < -0.3 is 10.3 Å². The Labute approximate surface area is 175 Å². The molecule has 2 heterocycles. The molecule has 144 valence electrons. The molecular formula is C25H19N5. The van der Waals surface area contributed by atoms with Gasteiger partial charge in [-0.3, -0.25) is 0 Å². The summed E-state index contributed by atoms with van der Waals surface area (Å²) in [5, 5.41) is 12.2. The number of hydrogen-bond donors (Lipinski definition) is 2. The van der Waals surface area contributed by atoms with Crippen LogP contribution in [0.2, 0.25) is 0 Å². The summed E-state index contributed by atoms with van der Waals surface area (Å²) in [7, 11) is 0. The standard InChI is InChI=1S/C25H19N5/c26-16-21-11-9-20(10-12-21)15-25-28-18-23(30-25)17-27-24-8-4-7-22(29-24)14-13-19-5-2-1-3-6-19/h1-12,18H,15,17H2,(H,27,29)(H,28,30). The molecule has 4 rings (SSSR count). The highest BCUT2D eigenvalue weighted by Gasteiger charge is 2.03. The van der Waals surface area contributed by atoms with E-state index in [1.54, 1.807) is 0 Å². The third-order valence-electron chi connectivity index (χ3n) is 4.45. The van der Waals surface area contributed by atoms with Gasteiger partial charge in [-0.2, -0.15) is 5.26 Å². The van der Waals surface area contributed by atoms with Crippen LogP contribution in [0, 0.1) is 23.2 Å². The van der Waals surface area contributed by atoms with Gasteiger partial charge in [0.1, 0.15) is 17.3 Å². The molecule has 0 saturated carbocycles. The third-order valence-corrected chi connectivity index (χ3v) is 4.45. The van der Waals surface area contributed by atoms with Crippen molar-refractivity contribution in [1.82, 2.24) is 15.0 Å². The van der Waals surface area contributed by atoms with E-state index in [-0.39, 0.29) is 0 Å². The predicted octanol–water partition coefficient (Wildman–Crippen LogP) is 4.28. The van der Waals surface area contributed by atoms with Crippen LogP contribution in [-0.2, 0) is 13.0 Å². The lowest BCUT2D eigenvalue weighted by atomic mass is 10.1. The fourth-order valence-electron chi connectivity index (χ4n) is 2.92. The van der Waals surface area contributed by atoms with Crippen LogP contribution < -0.4 is 5.32 Å². The van der Waals surface area contributed by atoms with E-state index in [0.717, 1.165) is 34.2 Å². The number of aromatic nitrogens is 3. The maximum absolute atomic E-state index is 8.89. The summed E-state index contributed by atoms with van der Waals surface area (Å²) in [4.78, 5) is 12.3. The molecule has 0 aliphatic rings. The summed E-state index contributed by atoms with van der Waals surface area (Å²) in [5.74, 6) is 7.86. The number of hydrogen-bond acceptors (Lipinski definition) is 4. The fraction of sp³-hybridized carbons (Fsp3) is 0.0800. The second-order valence-corrected chi connectivity index (χ2v) is 6.72. The molecule has 4 aromatic rings. The number of benzene rings is 2. The van der Waals surface area contributed by atoms with Crippen molar-refractivity contribution in [3.8, 4) is 17.9 Å². The second-order valence-electron chi connectivity index (χ2n) is 6.72. The Morgan fingerprint density at radius 2 is 1.70 bits per heavy atom. The number of nitrogens with one attached hydrogen (secondary N) is 2. The molecule has 0 aliphatic carbocycles. The summed E-state index contributed by atoms with van der Waals surface area (Å²) in [6.07, 6.45) is 2.51. The quantitative estimate of drug-likeness (QED) is 0.500. The maximum atomic E-state index is 8.89. The van der Waals surface area contributed by atoms with Crippen molar-refractivity contribution >= 4 is 5.82 Å². The molecule has 0 bridgehead atoms. The highest BCUT2D eigenvalue weighted by molar-refractivity contribution is 5.44. The molecule has 0 amide bonds. The Balaban J connectivity index is 1.36. The van der Waals surface area contributed by atoms with Gasteiger partial charge in [0.2, 0.25) is 0 Å². The minimum Gasteiger partial charge on any atom is -0.364 e. The minimum absolute atomic E-state index is 0.586. The van der Waals surface area contributed by atoms with E-state index in [0.29, 0.717) is 18.5 Å². The van der Waals surface area contributed by atoms with Gasteiger partial charge in [-0.1, -0.05) is 42.3 Å². The smallest absolute Gasteiger partial charge is 0.127 e. The number of H-pyrrole nitrogens is 1. The number of rotatable bonds is 5. The molecule has 0 radical (unpaired) electrons. The molecule has 5 heteroatoms. The van der Waals surface area contributed by atoms with Crippen LogP contribution in [0.4, 0.5) is 5.82 Å². The molecule has 0 unspecified atom stereocenters. The van der Waals surface area contributed by atoms with Crippen molar-refractivity contribution in [2.45, 2.75) is 13.0 Å². The Bertz CT molecular complexity index is 1220. The van der Waals surface area contributed by atoms with E-state index >= 15 is 0 Å². The van der Waals surface area contributed by atoms with E-state index in [2.05, 4.69) is 38.2 Å². The average Bonchev–Trinajstić information content (AvgIpc) is 3.25. The summed E-state index contributed by atoms with van der Waals surface area (Å²) >= 11 is 0. The number of pyridine rings is 1. The number of anilines is 1. The number of nitriles is 1. The summed E-state index contributed by atoms with van der Waals surface area (Å²) in [6, 6.07) is 25.3. The molecule has 2 N–H and O–H groups in total. The summed E-state index contributed by atoms with van der Waals surface area (Å²) in [5.41, 5.74) is 4.42. The average molecular weight is 389 g/mol. The zero-order valence-corrected chi connectivity index (χ0v) is 16.3. The van der Waals surface area contributed by atoms with Crippen molar-refractivity contribution < 1.29 is 0 Å². The van der Waals surface area contributed by atoms with Gasteiger partial charge in [0.05, 0.1) is 30.1 Å². The predicted molar refractivity (Wildman–Crippen MR) is 117 cm³/mol. The van der Waals surface area contributed by atoms with E-state index in [4.69, 9.17) is 5.26 Å². The molecule has 2 aromatic carbocycles. The topological polar surface area (TPSA) is 77.4 Å². The highest BCUT2D eigenvalue weighted by Crippen LogP contribution is 2.10. The largest absolute Gasteiger partial charge is 0.364 e. The lowest BCUT2D eigenvalue weighted by Gasteiger charge is -2.04. The van der Waals surface area contributed by atoms with Gasteiger partial charge in [0.15, 0.2) is 0 Å². The van der Waals surface area contributed by atoms with Crippen molar-refractivity contribution in [2.75, 3.05) is 5.32 Å². The molecule has 0 aliphatic heterocycles. The molecule has 0 fully saturated rings. The minimum atomic E-state index is 0.586. The number of imidazole rings is 1. The Morgan fingerprint density at radius 1 is 0.867 bits per heavy atom. The van der Waals surface area contributed by atoms with Crippen LogP contribution in [0.1, 0.15) is 33.9 Å². The van der Waals surface area contributed by atoms with Crippen molar-refractivity contribution in [1.29, 1.82) is 5.26 Å². The van der Waals surface area contributed by atoms with Crippen LogP contribution in [-0.4, -0.2) is 15.0 Å². The summed E-state index contributed by atoms with van der Waals surface area (Å²) < 4.78 is 0. The monoisotopic (exact) mass is 389 g/mol. The maximum Gasteiger partial charge on any atom is 0.127 e. The molecule has 0 saturated heterocycles. The lowest BCUT2D eigenvalue weighted by molar-refractivity contribution is 0.987. The van der Waals surface area contributed by atoms with Crippen molar-refractivity contribution in [2.24, 2.45) is 0 Å². The van der Waals surface area contributed by atoms with Crippen molar-refractivity contribution in [3.63, 3.8) is 0 Å². The molecule has 5 nitrogen and oxygen atoms in total. The first kappa shape index (κ1) is 19.0. The number of aromatic amines is 1. The zero-order chi connectivity index (χ0) is 20.6. The number of nitrogens with zero attached hydrogens (tertiary/aromatic N) is 3. The van der Waals surface area contributed by atoms with Crippen LogP contribution in [0.15, 0.2) is 79.0 Å². The zero-order valence-electron chi connectivity index (χ0n) is 16.3. The van der Waals surface area contributed by atoms with Crippen LogP contribution in [0.3, 0.4) is 0 Å². The summed E-state index contributed by atoms with van der Waals surface area (Å²) in [6.45, 7) is 0.586. The van der Waals surface area contributed by atoms with Gasteiger partial charge in [0, 0.05) is 12.0 Å². The first-order valence-electron chi connectivity index (χ1n) is 9.58. The molecule has 30 heavy (non-hydrogen) atoms. The van der Waals surface area contributed by atoms with Crippen LogP contribution >= 0.6 is 0 Å². The van der Waals surface area contributed by atoms with E-state index in [9.17, 15) is 0 Å². The highest BCUT2D eigenvalue weighted by atomic mass is 15.0. The van der Waals surface area contributed by atoms with Gasteiger partial charge in [0.25, 0.3) is 0 Å². The van der Waals surface area contributed by atoms with Gasteiger partial charge in [-0.15, -0.1) is 0 Å². The molecule has 0 atom stereocenters. The van der Waals surface area contributed by atoms with E-state index in [1.807, 2.05) is 79.0 Å². The van der Waals surface area contributed by atoms with Gasteiger partial charge >= 0.3 is 0 Å². The first-order valence-corrected chi connectivity index (χ1v) is 9.58. The van der Waals surface area contributed by atoms with Crippen LogP contribution in [0.5, 0.6) is 0 Å². The lowest BCUT2D eigenvalue weighted by Crippen LogP contribution is -2.02. The van der Waals surface area contributed by atoms with Crippen LogP contribution in [0.25, 0.3) is 0 Å². The molecule has 2 aromatic heterocycles.